The molecule has 0 spiro atoms. The Hall–Kier alpha value is -2.59. The molecule has 30 heavy (non-hydrogen) atoms. The Morgan fingerprint density at radius 1 is 0.900 bits per heavy atom. The first-order chi connectivity index (χ1) is 14.3. The summed E-state index contributed by atoms with van der Waals surface area (Å²) in [5.74, 6) is 0.0931. The molecule has 1 fully saturated rings. The highest BCUT2D eigenvalue weighted by molar-refractivity contribution is 6.45. The van der Waals surface area contributed by atoms with Gasteiger partial charge in [-0.25, -0.2) is 4.90 Å². The number of anilines is 1. The van der Waals surface area contributed by atoms with Crippen molar-refractivity contribution in [2.45, 2.75) is 40.5 Å². The number of aryl methyl sites for hydroxylation is 3. The Balaban J connectivity index is 1.85. The minimum Gasteiger partial charge on any atom is -0.366 e. The standard InChI is InChI=1S/C25H27ClN2O2/c1-15-9-11-27(12-10-15)23-22(20-8-5-16(2)13-18(20)4)24(29)28(25(23)30)19-7-6-17(3)21(26)14-19/h5-8,13-15H,9-12H2,1-4H3. The first-order valence-electron chi connectivity index (χ1n) is 10.5. The summed E-state index contributed by atoms with van der Waals surface area (Å²) in [6.45, 7) is 9.73. The fourth-order valence-corrected chi connectivity index (χ4v) is 4.51. The zero-order valence-electron chi connectivity index (χ0n) is 18.0. The largest absolute Gasteiger partial charge is 0.366 e. The van der Waals surface area contributed by atoms with E-state index in [1.54, 1.807) is 12.1 Å². The lowest BCUT2D eigenvalue weighted by molar-refractivity contribution is -0.120. The molecule has 0 atom stereocenters. The number of hydrogen-bond acceptors (Lipinski definition) is 3. The lowest BCUT2D eigenvalue weighted by Gasteiger charge is -2.32. The van der Waals surface area contributed by atoms with Crippen LogP contribution in [-0.2, 0) is 9.59 Å². The van der Waals surface area contributed by atoms with Crippen molar-refractivity contribution in [1.82, 2.24) is 4.90 Å². The van der Waals surface area contributed by atoms with Gasteiger partial charge in [0.1, 0.15) is 5.70 Å². The number of likely N-dealkylation sites (tertiary alicyclic amines) is 1. The lowest BCUT2D eigenvalue weighted by atomic mass is 9.95. The van der Waals surface area contributed by atoms with E-state index in [0.29, 0.717) is 27.9 Å². The van der Waals surface area contributed by atoms with Crippen molar-refractivity contribution in [3.63, 3.8) is 0 Å². The predicted octanol–water partition coefficient (Wildman–Crippen LogP) is 5.28. The van der Waals surface area contributed by atoms with Crippen LogP contribution in [0.15, 0.2) is 42.1 Å². The zero-order valence-corrected chi connectivity index (χ0v) is 18.7. The number of amides is 2. The van der Waals surface area contributed by atoms with Gasteiger partial charge in [0.15, 0.2) is 0 Å². The molecule has 0 unspecified atom stereocenters. The van der Waals surface area contributed by atoms with Crippen molar-refractivity contribution in [2.75, 3.05) is 18.0 Å². The van der Waals surface area contributed by atoms with E-state index in [4.69, 9.17) is 11.6 Å². The third-order valence-corrected chi connectivity index (χ3v) is 6.63. The molecule has 4 rings (SSSR count). The van der Waals surface area contributed by atoms with Gasteiger partial charge in [0.05, 0.1) is 11.3 Å². The Bertz CT molecular complexity index is 1060. The topological polar surface area (TPSA) is 40.6 Å². The second-order valence-electron chi connectivity index (χ2n) is 8.59. The first kappa shape index (κ1) is 20.7. The summed E-state index contributed by atoms with van der Waals surface area (Å²) in [6, 6.07) is 11.3. The van der Waals surface area contributed by atoms with E-state index in [2.05, 4.69) is 17.9 Å². The van der Waals surface area contributed by atoms with Crippen LogP contribution in [0.2, 0.25) is 5.02 Å². The van der Waals surface area contributed by atoms with E-state index in [9.17, 15) is 9.59 Å². The van der Waals surface area contributed by atoms with Gasteiger partial charge >= 0.3 is 0 Å². The number of nitrogens with zero attached hydrogens (tertiary/aromatic N) is 2. The average Bonchev–Trinajstić information content (AvgIpc) is 2.95. The number of hydrogen-bond donors (Lipinski definition) is 0. The van der Waals surface area contributed by atoms with E-state index >= 15 is 0 Å². The highest BCUT2D eigenvalue weighted by Gasteiger charge is 2.43. The fourth-order valence-electron chi connectivity index (χ4n) is 4.34. The molecular weight excluding hydrogens is 396 g/mol. The summed E-state index contributed by atoms with van der Waals surface area (Å²) in [5, 5.41) is 0.543. The second-order valence-corrected chi connectivity index (χ2v) is 9.00. The van der Waals surface area contributed by atoms with Crippen LogP contribution in [0.25, 0.3) is 5.57 Å². The third-order valence-electron chi connectivity index (χ3n) is 6.22. The van der Waals surface area contributed by atoms with E-state index < -0.39 is 0 Å². The molecule has 0 bridgehead atoms. The van der Waals surface area contributed by atoms with Crippen LogP contribution < -0.4 is 4.90 Å². The highest BCUT2D eigenvalue weighted by Crippen LogP contribution is 2.38. The SMILES string of the molecule is Cc1ccc(C2=C(N3CCC(C)CC3)C(=O)N(c3ccc(C)c(Cl)c3)C2=O)c(C)c1. The summed E-state index contributed by atoms with van der Waals surface area (Å²) < 4.78 is 0. The maximum Gasteiger partial charge on any atom is 0.282 e. The van der Waals surface area contributed by atoms with Gasteiger partial charge in [0.2, 0.25) is 0 Å². The molecule has 1 saturated heterocycles. The Morgan fingerprint density at radius 2 is 1.60 bits per heavy atom. The Labute approximate surface area is 183 Å². The lowest BCUT2D eigenvalue weighted by Crippen LogP contribution is -2.38. The average molecular weight is 423 g/mol. The Morgan fingerprint density at radius 3 is 2.23 bits per heavy atom. The molecule has 0 N–H and O–H groups in total. The van der Waals surface area contributed by atoms with E-state index in [0.717, 1.165) is 48.2 Å². The number of piperidine rings is 1. The normalized spacial score (nSPS) is 18.0. The van der Waals surface area contributed by atoms with Crippen molar-refractivity contribution in [3.8, 4) is 0 Å². The zero-order chi connectivity index (χ0) is 21.6. The van der Waals surface area contributed by atoms with Crippen molar-refractivity contribution in [1.29, 1.82) is 0 Å². The summed E-state index contributed by atoms with van der Waals surface area (Å²) in [7, 11) is 0. The van der Waals surface area contributed by atoms with Crippen LogP contribution in [0.4, 0.5) is 5.69 Å². The summed E-state index contributed by atoms with van der Waals surface area (Å²) in [5.41, 5.74) is 5.41. The molecule has 0 saturated carbocycles. The first-order valence-corrected chi connectivity index (χ1v) is 10.9. The summed E-state index contributed by atoms with van der Waals surface area (Å²) >= 11 is 6.31. The fraction of sp³-hybridized carbons (Fsp3) is 0.360. The quantitative estimate of drug-likeness (QED) is 0.631. The van der Waals surface area contributed by atoms with Crippen molar-refractivity contribution in [2.24, 2.45) is 5.92 Å². The smallest absolute Gasteiger partial charge is 0.282 e. The van der Waals surface area contributed by atoms with E-state index in [1.807, 2.05) is 39.0 Å². The number of benzene rings is 2. The van der Waals surface area contributed by atoms with Crippen molar-refractivity contribution < 1.29 is 9.59 Å². The molecule has 0 aliphatic carbocycles. The van der Waals surface area contributed by atoms with Crippen LogP contribution in [0.1, 0.15) is 42.0 Å². The molecule has 2 aliphatic heterocycles. The van der Waals surface area contributed by atoms with Crippen LogP contribution in [0, 0.1) is 26.7 Å². The van der Waals surface area contributed by atoms with Gasteiger partial charge in [-0.3, -0.25) is 9.59 Å². The molecule has 0 radical (unpaired) electrons. The molecule has 2 heterocycles. The molecule has 0 aromatic heterocycles. The highest BCUT2D eigenvalue weighted by atomic mass is 35.5. The van der Waals surface area contributed by atoms with Gasteiger partial charge in [-0.2, -0.15) is 0 Å². The molecule has 2 aliphatic rings. The second kappa shape index (κ2) is 7.92. The van der Waals surface area contributed by atoms with Crippen LogP contribution in [0.5, 0.6) is 0 Å². The maximum absolute atomic E-state index is 13.6. The molecule has 156 valence electrons. The minimum absolute atomic E-state index is 0.260. The molecule has 4 nitrogen and oxygen atoms in total. The number of carbonyl (C=O) groups is 2. The van der Waals surface area contributed by atoms with Crippen LogP contribution >= 0.6 is 11.6 Å². The van der Waals surface area contributed by atoms with Gasteiger partial charge in [0.25, 0.3) is 11.8 Å². The Kier molecular flexibility index (Phi) is 5.46. The van der Waals surface area contributed by atoms with Gasteiger partial charge in [-0.1, -0.05) is 48.4 Å². The monoisotopic (exact) mass is 422 g/mol. The van der Waals surface area contributed by atoms with Crippen molar-refractivity contribution >= 4 is 34.7 Å². The van der Waals surface area contributed by atoms with E-state index in [-0.39, 0.29) is 11.8 Å². The molecule has 2 amide bonds. The van der Waals surface area contributed by atoms with E-state index in [1.165, 1.54) is 4.90 Å². The van der Waals surface area contributed by atoms with Gasteiger partial charge in [0, 0.05) is 18.1 Å². The predicted molar refractivity (Wildman–Crippen MR) is 121 cm³/mol. The molecule has 5 heteroatoms. The number of carbonyl (C=O) groups excluding carboxylic acids is 2. The number of imide groups is 1. The summed E-state index contributed by atoms with van der Waals surface area (Å²) in [6.07, 6.45) is 2.03. The van der Waals surface area contributed by atoms with Gasteiger partial charge in [-0.15, -0.1) is 0 Å². The van der Waals surface area contributed by atoms with Crippen molar-refractivity contribution in [3.05, 3.63) is 69.4 Å². The summed E-state index contributed by atoms with van der Waals surface area (Å²) in [4.78, 5) is 30.6. The van der Waals surface area contributed by atoms with Gasteiger partial charge in [-0.05, 0) is 68.4 Å². The number of rotatable bonds is 3. The maximum atomic E-state index is 13.6. The third kappa shape index (κ3) is 3.54. The number of halogens is 1. The van der Waals surface area contributed by atoms with Crippen LogP contribution in [-0.4, -0.2) is 29.8 Å². The van der Waals surface area contributed by atoms with Gasteiger partial charge < -0.3 is 4.90 Å². The molecular formula is C25H27ClN2O2. The molecule has 2 aromatic carbocycles. The molecule has 2 aromatic rings. The minimum atomic E-state index is -0.277. The van der Waals surface area contributed by atoms with Crippen LogP contribution in [0.3, 0.4) is 0 Å².